The summed E-state index contributed by atoms with van der Waals surface area (Å²) in [7, 11) is 0. The summed E-state index contributed by atoms with van der Waals surface area (Å²) < 4.78 is 25.8. The van der Waals surface area contributed by atoms with E-state index in [1.54, 1.807) is 29.2 Å². The highest BCUT2D eigenvalue weighted by molar-refractivity contribution is 5.99. The van der Waals surface area contributed by atoms with E-state index in [0.29, 0.717) is 42.0 Å². The molecule has 1 heterocycles. The Morgan fingerprint density at radius 3 is 2.63 bits per heavy atom. The molecular weight excluding hydrogens is 455 g/mol. The normalized spacial score (nSPS) is 21.3. The molecule has 188 valence electrons. The highest BCUT2D eigenvalue weighted by Gasteiger charge is 2.34. The first-order valence-electron chi connectivity index (χ1n) is 11.9. The molecule has 8 nitrogen and oxygen atoms in total. The van der Waals surface area contributed by atoms with Crippen LogP contribution in [-0.4, -0.2) is 52.3 Å². The fourth-order valence-electron chi connectivity index (χ4n) is 4.91. The third kappa shape index (κ3) is 5.67. The average molecular weight is 487 g/mol. The number of carbonyl (C=O) groups excluding carboxylic acids is 1. The number of hydrogen-bond acceptors (Lipinski definition) is 6. The van der Waals surface area contributed by atoms with Crippen LogP contribution in [0.3, 0.4) is 0 Å². The second kappa shape index (κ2) is 10.5. The maximum atomic E-state index is 14.2. The van der Waals surface area contributed by atoms with Gasteiger partial charge in [0.2, 0.25) is 0 Å². The van der Waals surface area contributed by atoms with Crippen molar-refractivity contribution in [1.29, 1.82) is 0 Å². The van der Waals surface area contributed by atoms with E-state index in [0.717, 1.165) is 25.7 Å². The van der Waals surface area contributed by atoms with Crippen molar-refractivity contribution in [3.8, 4) is 17.2 Å². The van der Waals surface area contributed by atoms with Gasteiger partial charge in [-0.25, -0.2) is 4.39 Å². The number of carboxylic acid groups (broad SMARTS) is 1. The van der Waals surface area contributed by atoms with Gasteiger partial charge in [-0.3, -0.25) is 9.59 Å². The molecule has 4 N–H and O–H groups in total. The lowest BCUT2D eigenvalue weighted by atomic mass is 9.79. The van der Waals surface area contributed by atoms with Crippen LogP contribution in [0.2, 0.25) is 0 Å². The van der Waals surface area contributed by atoms with Crippen LogP contribution < -0.4 is 15.2 Å². The Morgan fingerprint density at radius 1 is 1.20 bits per heavy atom. The zero-order valence-corrected chi connectivity index (χ0v) is 19.7. The molecule has 1 fully saturated rings. The number of rotatable bonds is 9. The van der Waals surface area contributed by atoms with Crippen LogP contribution in [0.5, 0.6) is 17.2 Å². The standard InChI is InChI=1S/C26H31FN2O6/c1-15(35-20-4-2-3-19(11-20)34-14-21(28)26(32)33)17-7-5-16(6-8-17)12-29-13-18-9-10-22(30)24(27)23(18)25(29)31/h2-4,9-11,15-17,21,30H,5-8,12-14,28H2,1H3,(H,32,33)/t15?,16-,17-,21-/m0/s1. The van der Waals surface area contributed by atoms with E-state index in [2.05, 4.69) is 0 Å². The van der Waals surface area contributed by atoms with Crippen molar-refractivity contribution in [1.82, 2.24) is 4.90 Å². The van der Waals surface area contributed by atoms with Gasteiger partial charge in [0.05, 0.1) is 11.7 Å². The van der Waals surface area contributed by atoms with E-state index < -0.39 is 23.6 Å². The monoisotopic (exact) mass is 486 g/mol. The predicted octanol–water partition coefficient (Wildman–Crippen LogP) is 3.55. The number of carbonyl (C=O) groups is 2. The summed E-state index contributed by atoms with van der Waals surface area (Å²) in [6.07, 6.45) is 3.78. The summed E-state index contributed by atoms with van der Waals surface area (Å²) in [5, 5.41) is 18.5. The smallest absolute Gasteiger partial charge is 0.324 e. The van der Waals surface area contributed by atoms with E-state index in [4.69, 9.17) is 20.3 Å². The molecule has 4 rings (SSSR count). The molecule has 1 unspecified atom stereocenters. The maximum Gasteiger partial charge on any atom is 0.324 e. The minimum Gasteiger partial charge on any atom is -0.505 e. The summed E-state index contributed by atoms with van der Waals surface area (Å²) in [5.74, 6) is -0.952. The van der Waals surface area contributed by atoms with Gasteiger partial charge in [-0.2, -0.15) is 0 Å². The number of fused-ring (bicyclic) bond motifs is 1. The molecule has 1 saturated carbocycles. The fraction of sp³-hybridized carbons (Fsp3) is 0.462. The number of carboxylic acids is 1. The van der Waals surface area contributed by atoms with Crippen LogP contribution in [0, 0.1) is 17.7 Å². The molecule has 0 bridgehead atoms. The largest absolute Gasteiger partial charge is 0.505 e. The number of hydrogen-bond donors (Lipinski definition) is 3. The van der Waals surface area contributed by atoms with Gasteiger partial charge in [0, 0.05) is 19.2 Å². The van der Waals surface area contributed by atoms with Crippen LogP contribution in [0.4, 0.5) is 4.39 Å². The number of phenols is 1. The number of phenolic OH excluding ortho intramolecular Hbond substituents is 1. The molecule has 0 saturated heterocycles. The van der Waals surface area contributed by atoms with E-state index in [-0.39, 0.29) is 24.2 Å². The molecule has 35 heavy (non-hydrogen) atoms. The molecule has 2 aliphatic rings. The summed E-state index contributed by atoms with van der Waals surface area (Å²) in [5.41, 5.74) is 6.10. The number of ether oxygens (including phenoxy) is 2. The number of nitrogens with zero attached hydrogens (tertiary/aromatic N) is 1. The molecule has 0 radical (unpaired) electrons. The lowest BCUT2D eigenvalue weighted by Crippen LogP contribution is -2.36. The fourth-order valence-corrected chi connectivity index (χ4v) is 4.91. The van der Waals surface area contributed by atoms with Gasteiger partial charge in [-0.15, -0.1) is 0 Å². The minimum absolute atomic E-state index is 0.00291. The highest BCUT2D eigenvalue weighted by Crippen LogP contribution is 2.36. The van der Waals surface area contributed by atoms with Gasteiger partial charge in [-0.05, 0) is 68.2 Å². The van der Waals surface area contributed by atoms with E-state index in [1.807, 2.05) is 13.0 Å². The van der Waals surface area contributed by atoms with Crippen LogP contribution >= 0.6 is 0 Å². The second-order valence-electron chi connectivity index (χ2n) is 9.45. The van der Waals surface area contributed by atoms with Gasteiger partial charge in [0.1, 0.15) is 24.1 Å². The summed E-state index contributed by atoms with van der Waals surface area (Å²) in [6.45, 7) is 2.86. The van der Waals surface area contributed by atoms with Crippen molar-refractivity contribution in [3.63, 3.8) is 0 Å². The van der Waals surface area contributed by atoms with Gasteiger partial charge in [0.25, 0.3) is 5.91 Å². The zero-order valence-electron chi connectivity index (χ0n) is 19.7. The first kappa shape index (κ1) is 24.8. The van der Waals surface area contributed by atoms with Crippen LogP contribution in [-0.2, 0) is 11.3 Å². The van der Waals surface area contributed by atoms with Gasteiger partial charge in [-0.1, -0.05) is 12.1 Å². The molecule has 2 aromatic rings. The summed E-state index contributed by atoms with van der Waals surface area (Å²) >= 11 is 0. The molecular formula is C26H31FN2O6. The Balaban J connectivity index is 1.26. The van der Waals surface area contributed by atoms with Crippen LogP contribution in [0.25, 0.3) is 0 Å². The van der Waals surface area contributed by atoms with Gasteiger partial charge < -0.3 is 30.3 Å². The molecule has 2 atom stereocenters. The SMILES string of the molecule is CC(Oc1cccc(OC[C@H](N)C(=O)O)c1)[C@H]1CC[C@H](CN2Cc3ccc(O)c(F)c3C2=O)CC1. The Morgan fingerprint density at radius 2 is 1.91 bits per heavy atom. The number of halogens is 1. The third-order valence-electron chi connectivity index (χ3n) is 6.98. The topological polar surface area (TPSA) is 122 Å². The minimum atomic E-state index is -1.12. The Hall–Kier alpha value is -3.33. The van der Waals surface area contributed by atoms with E-state index in [1.165, 1.54) is 6.07 Å². The zero-order chi connectivity index (χ0) is 25.1. The molecule has 2 aromatic carbocycles. The molecule has 1 amide bonds. The van der Waals surface area contributed by atoms with Crippen molar-refractivity contribution in [2.45, 2.75) is 51.3 Å². The molecule has 0 aromatic heterocycles. The molecule has 0 spiro atoms. The predicted molar refractivity (Wildman–Crippen MR) is 126 cm³/mol. The number of aromatic hydroxyl groups is 1. The van der Waals surface area contributed by atoms with Crippen molar-refractivity contribution in [2.75, 3.05) is 13.2 Å². The Bertz CT molecular complexity index is 1090. The van der Waals surface area contributed by atoms with E-state index in [9.17, 15) is 19.1 Å². The number of benzene rings is 2. The number of aliphatic carboxylic acids is 1. The highest BCUT2D eigenvalue weighted by atomic mass is 19.1. The number of amides is 1. The molecule has 9 heteroatoms. The summed E-state index contributed by atoms with van der Waals surface area (Å²) in [4.78, 5) is 25.2. The quantitative estimate of drug-likeness (QED) is 0.495. The maximum absolute atomic E-state index is 14.2. The van der Waals surface area contributed by atoms with Crippen molar-refractivity contribution in [3.05, 3.63) is 53.3 Å². The first-order valence-corrected chi connectivity index (χ1v) is 11.9. The Labute approximate surface area is 203 Å². The number of nitrogens with two attached hydrogens (primary N) is 1. The summed E-state index contributed by atoms with van der Waals surface area (Å²) in [6, 6.07) is 8.89. The van der Waals surface area contributed by atoms with Crippen molar-refractivity contribution >= 4 is 11.9 Å². The molecule has 1 aliphatic carbocycles. The lowest BCUT2D eigenvalue weighted by Gasteiger charge is -2.34. The second-order valence-corrected chi connectivity index (χ2v) is 9.45. The van der Waals surface area contributed by atoms with E-state index >= 15 is 0 Å². The van der Waals surface area contributed by atoms with Crippen LogP contribution in [0.15, 0.2) is 36.4 Å². The van der Waals surface area contributed by atoms with Crippen molar-refractivity contribution < 1.29 is 33.7 Å². The van der Waals surface area contributed by atoms with Gasteiger partial charge >= 0.3 is 5.97 Å². The van der Waals surface area contributed by atoms with Crippen molar-refractivity contribution in [2.24, 2.45) is 17.6 Å². The lowest BCUT2D eigenvalue weighted by molar-refractivity contribution is -0.139. The average Bonchev–Trinajstić information content (AvgIpc) is 3.16. The molecule has 1 aliphatic heterocycles. The Kier molecular flexibility index (Phi) is 7.45. The van der Waals surface area contributed by atoms with Gasteiger partial charge in [0.15, 0.2) is 11.6 Å². The first-order chi connectivity index (χ1) is 16.7. The third-order valence-corrected chi connectivity index (χ3v) is 6.98. The van der Waals surface area contributed by atoms with Crippen LogP contribution in [0.1, 0.15) is 48.5 Å².